The Morgan fingerprint density at radius 1 is 0.530 bits per heavy atom. The molecule has 2 aromatic heterocycles. The van der Waals surface area contributed by atoms with Crippen molar-refractivity contribution < 1.29 is 25.6 Å². The Bertz CT molecular complexity index is 3320. The average molecular weight is 1050 g/mol. The molecular formula is C55H47B2N7PtSi-2. The number of aryl methyl sites for hydroxylation is 5. The van der Waals surface area contributed by atoms with Crippen LogP contribution in [-0.4, -0.2) is 31.6 Å². The number of aromatic nitrogens is 3. The van der Waals surface area contributed by atoms with Crippen LogP contribution in [0, 0.1) is 46.2 Å². The quantitative estimate of drug-likeness (QED) is 0.0945. The van der Waals surface area contributed by atoms with Gasteiger partial charge in [-0.25, -0.2) is 4.98 Å². The van der Waals surface area contributed by atoms with Crippen molar-refractivity contribution in [2.45, 2.75) is 40.8 Å². The molecule has 0 atom stereocenters. The van der Waals surface area contributed by atoms with Gasteiger partial charge in [-0.1, -0.05) is 172 Å². The monoisotopic (exact) mass is 1050 g/mol. The number of rotatable bonds is 6. The minimum atomic E-state index is -2.25. The summed E-state index contributed by atoms with van der Waals surface area (Å²) in [4.78, 5) is 15.0. The first-order valence-electron chi connectivity index (χ1n) is 22.5. The van der Waals surface area contributed by atoms with Crippen LogP contribution in [0.5, 0.6) is 0 Å². The van der Waals surface area contributed by atoms with Gasteiger partial charge in [-0.2, -0.15) is 17.3 Å². The summed E-state index contributed by atoms with van der Waals surface area (Å²) in [6.45, 7) is 13.5. The molecule has 3 aliphatic rings. The third kappa shape index (κ3) is 6.14. The smallest absolute Gasteiger partial charge is 0.409 e. The number of fused-ring (bicyclic) bond motifs is 4. The summed E-state index contributed by atoms with van der Waals surface area (Å²) in [5.41, 5.74) is 18.3. The molecule has 9 aromatic rings. The van der Waals surface area contributed by atoms with E-state index in [1.165, 1.54) is 54.6 Å². The van der Waals surface area contributed by atoms with Gasteiger partial charge in [0.2, 0.25) is 6.33 Å². The second-order valence-corrected chi connectivity index (χ2v) is 22.7. The molecule has 11 heteroatoms. The molecule has 0 saturated heterocycles. The van der Waals surface area contributed by atoms with Crippen LogP contribution in [0.4, 0.5) is 45.6 Å². The number of para-hydroxylation sites is 3. The number of anilines is 8. The Labute approximate surface area is 404 Å². The fourth-order valence-electron chi connectivity index (χ4n) is 11.1. The maximum absolute atomic E-state index is 5.07. The van der Waals surface area contributed by atoms with Crippen LogP contribution in [0.3, 0.4) is 0 Å². The first-order valence-corrected chi connectivity index (χ1v) is 25.5. The molecule has 0 radical (unpaired) electrons. The van der Waals surface area contributed by atoms with E-state index in [0.29, 0.717) is 0 Å². The van der Waals surface area contributed by atoms with E-state index in [0.717, 1.165) is 51.3 Å². The minimum absolute atomic E-state index is 0. The van der Waals surface area contributed by atoms with E-state index in [-0.39, 0.29) is 35.0 Å². The molecular weight excluding hydrogens is 1000 g/mol. The fraction of sp³-hybridized carbons (Fsp3) is 0.127. The van der Waals surface area contributed by atoms with Crippen LogP contribution in [-0.2, 0) is 28.1 Å². The predicted octanol–water partition coefficient (Wildman–Crippen LogP) is 8.99. The molecule has 324 valence electrons. The SMILES string of the molecule is Cc1cccc(C)c1B1N(c2[c-]c3c(cc2)N(c2ccccc2)B(c2c(C)cccc2C)N3c2ccccn2)c2[c-]c3c(cc2N1c1ccccc1)[Si](C)(C)c1cccc2c1n-3[c-][n+]2C.[Pt]. The molecule has 0 saturated carbocycles. The summed E-state index contributed by atoms with van der Waals surface area (Å²) < 4.78 is 4.41. The van der Waals surface area contributed by atoms with Crippen molar-refractivity contribution in [3.05, 3.63) is 199 Å². The second kappa shape index (κ2) is 15.8. The number of pyridine rings is 1. The Kier molecular flexibility index (Phi) is 10.1. The van der Waals surface area contributed by atoms with Crippen LogP contribution < -0.4 is 45.1 Å². The maximum atomic E-state index is 5.07. The molecule has 3 aliphatic heterocycles. The number of nitrogens with zero attached hydrogens (tertiary/aromatic N) is 7. The first kappa shape index (κ1) is 42.1. The second-order valence-electron chi connectivity index (χ2n) is 18.3. The zero-order valence-electron chi connectivity index (χ0n) is 38.1. The van der Waals surface area contributed by atoms with Gasteiger partial charge in [0.05, 0.1) is 18.1 Å². The van der Waals surface area contributed by atoms with Gasteiger partial charge < -0.3 is 28.4 Å². The van der Waals surface area contributed by atoms with E-state index >= 15 is 0 Å². The molecule has 0 unspecified atom stereocenters. The van der Waals surface area contributed by atoms with Gasteiger partial charge >= 0.3 is 14.0 Å². The number of benzene rings is 7. The van der Waals surface area contributed by atoms with Crippen molar-refractivity contribution in [3.63, 3.8) is 0 Å². The zero-order valence-corrected chi connectivity index (χ0v) is 41.4. The van der Waals surface area contributed by atoms with Crippen molar-refractivity contribution in [2.24, 2.45) is 7.05 Å². The molecule has 66 heavy (non-hydrogen) atoms. The third-order valence-corrected chi connectivity index (χ3v) is 17.6. The summed E-state index contributed by atoms with van der Waals surface area (Å²) in [5, 5.41) is 2.77. The molecule has 12 rings (SSSR count). The third-order valence-electron chi connectivity index (χ3n) is 14.1. The van der Waals surface area contributed by atoms with E-state index < -0.39 is 8.07 Å². The molecule has 0 N–H and O–H groups in total. The summed E-state index contributed by atoms with van der Waals surface area (Å²) in [6, 6.07) is 63.3. The molecule has 0 amide bonds. The summed E-state index contributed by atoms with van der Waals surface area (Å²) in [6.07, 6.45) is 5.61. The van der Waals surface area contributed by atoms with Gasteiger partial charge in [-0.15, -0.1) is 18.2 Å². The molecule has 5 heterocycles. The largest absolute Gasteiger partial charge is 0.415 e. The minimum Gasteiger partial charge on any atom is -0.415 e. The molecule has 0 fully saturated rings. The van der Waals surface area contributed by atoms with E-state index in [1.807, 2.05) is 12.3 Å². The van der Waals surface area contributed by atoms with Crippen LogP contribution in [0.1, 0.15) is 22.3 Å². The number of imidazole rings is 1. The topological polar surface area (TPSA) is 34.7 Å². The van der Waals surface area contributed by atoms with Crippen LogP contribution in [0.15, 0.2) is 158 Å². The van der Waals surface area contributed by atoms with Gasteiger partial charge in [0.1, 0.15) is 5.82 Å². The molecule has 7 aromatic carbocycles. The van der Waals surface area contributed by atoms with E-state index in [2.05, 4.69) is 240 Å². The number of hydrogen-bond acceptors (Lipinski definition) is 5. The van der Waals surface area contributed by atoms with Crippen LogP contribution in [0.25, 0.3) is 16.7 Å². The Balaban J connectivity index is 0.00000481. The van der Waals surface area contributed by atoms with Crippen LogP contribution in [0.2, 0.25) is 13.1 Å². The Morgan fingerprint density at radius 2 is 1.09 bits per heavy atom. The summed E-state index contributed by atoms with van der Waals surface area (Å²) >= 11 is 0. The first-order chi connectivity index (χ1) is 31.6. The molecule has 0 bridgehead atoms. The average Bonchev–Trinajstić information content (AvgIpc) is 3.95. The van der Waals surface area contributed by atoms with E-state index in [9.17, 15) is 0 Å². The van der Waals surface area contributed by atoms with Gasteiger partial charge in [-0.05, 0) is 75.0 Å². The van der Waals surface area contributed by atoms with Crippen molar-refractivity contribution >= 4 is 100 Å². The normalized spacial score (nSPS) is 14.4. The van der Waals surface area contributed by atoms with Crippen molar-refractivity contribution in [3.8, 4) is 5.69 Å². The summed E-state index contributed by atoms with van der Waals surface area (Å²) in [7, 11) is -0.149. The Hall–Kier alpha value is -6.60. The van der Waals surface area contributed by atoms with Gasteiger partial charge in [-0.3, -0.25) is 0 Å². The van der Waals surface area contributed by atoms with Crippen molar-refractivity contribution in [1.29, 1.82) is 0 Å². The Morgan fingerprint density at radius 3 is 1.70 bits per heavy atom. The zero-order chi connectivity index (χ0) is 44.3. The summed E-state index contributed by atoms with van der Waals surface area (Å²) in [5.74, 6) is 0.860. The van der Waals surface area contributed by atoms with Crippen molar-refractivity contribution in [1.82, 2.24) is 9.55 Å². The van der Waals surface area contributed by atoms with Gasteiger partial charge in [0.15, 0.2) is 0 Å². The molecule has 7 nitrogen and oxygen atoms in total. The van der Waals surface area contributed by atoms with E-state index in [4.69, 9.17) is 4.98 Å². The molecule has 0 spiro atoms. The maximum Gasteiger partial charge on any atom is 0.409 e. The van der Waals surface area contributed by atoms with Crippen molar-refractivity contribution in [2.75, 3.05) is 19.2 Å². The predicted molar refractivity (Wildman–Crippen MR) is 272 cm³/mol. The fourth-order valence-corrected chi connectivity index (χ4v) is 14.0. The van der Waals surface area contributed by atoms with Gasteiger partial charge in [0.25, 0.3) is 0 Å². The van der Waals surface area contributed by atoms with Crippen LogP contribution >= 0.6 is 0 Å². The molecule has 0 aliphatic carbocycles. The number of hydrogen-bond donors (Lipinski definition) is 0. The standard InChI is InChI=1S/C55H47B2N7Si.Pt/c1-37-19-16-20-38(2)53(37)56-62(42-25-12-9-13-26-42)48-35-51-49(60-36-59(5)45-27-18-28-50(55(45)60)65(51,6)7)34-47(48)63(56)43-30-31-44-46(33-43)64(52-29-14-15-32-58-52)57(54-39(3)21-17-22-40(54)4)61(44)41-23-10-8-11-24-41;/h8-32,35H,1-7H3;/q-2;. The van der Waals surface area contributed by atoms with E-state index in [1.54, 1.807) is 0 Å². The van der Waals surface area contributed by atoms with Gasteiger partial charge in [0, 0.05) is 46.7 Å².